The number of ether oxygens (including phenoxy) is 4. The van der Waals surface area contributed by atoms with Gasteiger partial charge in [-0.25, -0.2) is 9.59 Å². The molecule has 0 fully saturated rings. The van der Waals surface area contributed by atoms with Crippen LogP contribution >= 0.6 is 0 Å². The maximum absolute atomic E-state index is 11.8. The van der Waals surface area contributed by atoms with Crippen LogP contribution in [0.1, 0.15) is 123 Å². The minimum atomic E-state index is -0.526. The number of unbranched alkanes of at least 4 members (excludes halogenated alkanes) is 14. The molecule has 8 nitrogen and oxygen atoms in total. The molecule has 0 atom stereocenters. The SMILES string of the molecule is C=C(C)C(=O)OCCCCCCCCCCOC(=O)CC(=O)OCCCCCCCCCCOC(=O)C(=C)C. The molecule has 0 rings (SSSR count). The van der Waals surface area contributed by atoms with Gasteiger partial charge in [0.15, 0.2) is 0 Å². The fourth-order valence-corrected chi connectivity index (χ4v) is 3.70. The summed E-state index contributed by atoms with van der Waals surface area (Å²) in [5.41, 5.74) is 0.862. The highest BCUT2D eigenvalue weighted by Crippen LogP contribution is 2.11. The Morgan fingerprint density at radius 1 is 0.410 bits per heavy atom. The average molecular weight is 553 g/mol. The highest BCUT2D eigenvalue weighted by Gasteiger charge is 2.11. The molecule has 39 heavy (non-hydrogen) atoms. The van der Waals surface area contributed by atoms with E-state index in [1.165, 1.54) is 0 Å². The van der Waals surface area contributed by atoms with Gasteiger partial charge < -0.3 is 18.9 Å². The van der Waals surface area contributed by atoms with E-state index in [2.05, 4.69) is 13.2 Å². The predicted octanol–water partition coefficient (Wildman–Crippen LogP) is 6.94. The van der Waals surface area contributed by atoms with Gasteiger partial charge in [-0.2, -0.15) is 0 Å². The summed E-state index contributed by atoms with van der Waals surface area (Å²) in [6.45, 7) is 12.0. The number of hydrogen-bond acceptors (Lipinski definition) is 8. The van der Waals surface area contributed by atoms with Crippen LogP contribution in [0.5, 0.6) is 0 Å². The lowest BCUT2D eigenvalue weighted by atomic mass is 10.1. The van der Waals surface area contributed by atoms with Crippen LogP contribution < -0.4 is 0 Å². The van der Waals surface area contributed by atoms with Gasteiger partial charge in [-0.15, -0.1) is 0 Å². The van der Waals surface area contributed by atoms with E-state index in [-0.39, 0.29) is 18.4 Å². The molecular weight excluding hydrogens is 500 g/mol. The molecule has 0 aromatic heterocycles. The van der Waals surface area contributed by atoms with Crippen molar-refractivity contribution >= 4 is 23.9 Å². The smallest absolute Gasteiger partial charge is 0.333 e. The van der Waals surface area contributed by atoms with Crippen LogP contribution in [-0.2, 0) is 38.1 Å². The van der Waals surface area contributed by atoms with Gasteiger partial charge in [0.05, 0.1) is 26.4 Å². The van der Waals surface area contributed by atoms with Crippen molar-refractivity contribution in [3.05, 3.63) is 24.3 Å². The summed E-state index contributed by atoms with van der Waals surface area (Å²) in [6.07, 6.45) is 15.9. The topological polar surface area (TPSA) is 105 Å². The van der Waals surface area contributed by atoms with Crippen molar-refractivity contribution in [1.29, 1.82) is 0 Å². The molecule has 0 amide bonds. The van der Waals surface area contributed by atoms with Crippen LogP contribution in [-0.4, -0.2) is 50.3 Å². The fraction of sp³-hybridized carbons (Fsp3) is 0.742. The Labute approximate surface area is 235 Å². The van der Waals surface area contributed by atoms with E-state index in [1.54, 1.807) is 13.8 Å². The zero-order valence-electron chi connectivity index (χ0n) is 24.5. The lowest BCUT2D eigenvalue weighted by Crippen LogP contribution is -2.15. The first kappa shape index (κ1) is 36.4. The lowest BCUT2D eigenvalue weighted by molar-refractivity contribution is -0.154. The van der Waals surface area contributed by atoms with Gasteiger partial charge in [-0.1, -0.05) is 90.2 Å². The maximum Gasteiger partial charge on any atom is 0.333 e. The van der Waals surface area contributed by atoms with Crippen molar-refractivity contribution in [1.82, 2.24) is 0 Å². The normalized spacial score (nSPS) is 10.5. The Morgan fingerprint density at radius 3 is 0.897 bits per heavy atom. The van der Waals surface area contributed by atoms with Gasteiger partial charge >= 0.3 is 23.9 Å². The van der Waals surface area contributed by atoms with Gasteiger partial charge in [0, 0.05) is 11.1 Å². The minimum absolute atomic E-state index is 0.323. The van der Waals surface area contributed by atoms with Crippen molar-refractivity contribution in [3.63, 3.8) is 0 Å². The van der Waals surface area contributed by atoms with Gasteiger partial charge in [0.1, 0.15) is 6.42 Å². The molecule has 0 radical (unpaired) electrons. The molecule has 0 saturated carbocycles. The van der Waals surface area contributed by atoms with Crippen molar-refractivity contribution in [2.75, 3.05) is 26.4 Å². The molecule has 8 heteroatoms. The van der Waals surface area contributed by atoms with Gasteiger partial charge in [-0.05, 0) is 39.5 Å². The molecule has 0 aliphatic carbocycles. The van der Waals surface area contributed by atoms with E-state index in [1.807, 2.05) is 0 Å². The monoisotopic (exact) mass is 552 g/mol. The maximum atomic E-state index is 11.8. The number of hydrogen-bond donors (Lipinski definition) is 0. The highest BCUT2D eigenvalue weighted by molar-refractivity contribution is 5.91. The summed E-state index contributed by atoms with van der Waals surface area (Å²) in [6, 6.07) is 0. The standard InChI is InChI=1S/C31H52O8/c1-26(2)30(34)38-23-19-15-11-7-5-9-13-17-21-36-28(32)25-29(33)37-22-18-14-10-6-8-12-16-20-24-39-31(35)27(3)4/h1,3,5-25H2,2,4H3. The predicted molar refractivity (Wildman–Crippen MR) is 152 cm³/mol. The first-order valence-electron chi connectivity index (χ1n) is 14.7. The molecule has 0 unspecified atom stereocenters. The average Bonchev–Trinajstić information content (AvgIpc) is 2.89. The molecule has 0 N–H and O–H groups in total. The Balaban J connectivity index is 3.38. The van der Waals surface area contributed by atoms with E-state index in [0.717, 1.165) is 103 Å². The molecular formula is C31H52O8. The second kappa shape index (κ2) is 25.6. The molecule has 0 bridgehead atoms. The Morgan fingerprint density at radius 2 is 0.641 bits per heavy atom. The zero-order valence-corrected chi connectivity index (χ0v) is 24.5. The molecule has 0 aliphatic heterocycles. The summed E-state index contributed by atoms with van der Waals surface area (Å²) < 4.78 is 20.4. The molecule has 0 heterocycles. The summed E-state index contributed by atoms with van der Waals surface area (Å²) >= 11 is 0. The lowest BCUT2D eigenvalue weighted by Gasteiger charge is -2.07. The fourth-order valence-electron chi connectivity index (χ4n) is 3.70. The Bertz CT molecular complexity index is 668. The van der Waals surface area contributed by atoms with Crippen LogP contribution in [0.2, 0.25) is 0 Å². The van der Waals surface area contributed by atoms with Crippen LogP contribution in [0.3, 0.4) is 0 Å². The van der Waals surface area contributed by atoms with E-state index in [9.17, 15) is 19.2 Å². The van der Waals surface area contributed by atoms with Crippen LogP contribution in [0.15, 0.2) is 24.3 Å². The first-order chi connectivity index (χ1) is 18.7. The van der Waals surface area contributed by atoms with E-state index in [4.69, 9.17) is 18.9 Å². The van der Waals surface area contributed by atoms with Gasteiger partial charge in [0.25, 0.3) is 0 Å². The third-order valence-corrected chi connectivity index (χ3v) is 6.06. The van der Waals surface area contributed by atoms with Crippen LogP contribution in [0, 0.1) is 0 Å². The third-order valence-electron chi connectivity index (χ3n) is 6.06. The largest absolute Gasteiger partial charge is 0.465 e. The van der Waals surface area contributed by atoms with Crippen molar-refractivity contribution < 1.29 is 38.1 Å². The Hall–Kier alpha value is -2.64. The van der Waals surface area contributed by atoms with Crippen molar-refractivity contribution in [2.24, 2.45) is 0 Å². The molecule has 0 aliphatic rings. The molecule has 0 aromatic rings. The summed E-state index contributed by atoms with van der Waals surface area (Å²) in [4.78, 5) is 46.0. The molecule has 0 aromatic carbocycles. The molecule has 224 valence electrons. The summed E-state index contributed by atoms with van der Waals surface area (Å²) in [5.74, 6) is -1.70. The number of esters is 4. The van der Waals surface area contributed by atoms with Crippen LogP contribution in [0.4, 0.5) is 0 Å². The van der Waals surface area contributed by atoms with Crippen molar-refractivity contribution in [2.45, 2.75) is 123 Å². The van der Waals surface area contributed by atoms with Crippen LogP contribution in [0.25, 0.3) is 0 Å². The minimum Gasteiger partial charge on any atom is -0.465 e. The summed E-state index contributed by atoms with van der Waals surface area (Å²) in [5, 5.41) is 0. The van der Waals surface area contributed by atoms with Gasteiger partial charge in [0.2, 0.25) is 0 Å². The quantitative estimate of drug-likeness (QED) is 0.0373. The summed E-state index contributed by atoms with van der Waals surface area (Å²) in [7, 11) is 0. The van der Waals surface area contributed by atoms with E-state index >= 15 is 0 Å². The second-order valence-electron chi connectivity index (χ2n) is 10.1. The highest BCUT2D eigenvalue weighted by atomic mass is 16.6. The zero-order chi connectivity index (χ0) is 29.1. The number of rotatable bonds is 26. The van der Waals surface area contributed by atoms with Gasteiger partial charge in [-0.3, -0.25) is 9.59 Å². The van der Waals surface area contributed by atoms with Crippen molar-refractivity contribution in [3.8, 4) is 0 Å². The molecule has 0 spiro atoms. The first-order valence-corrected chi connectivity index (χ1v) is 14.7. The van der Waals surface area contributed by atoms with E-state index in [0.29, 0.717) is 37.6 Å². The number of carbonyl (C=O) groups is 4. The second-order valence-corrected chi connectivity index (χ2v) is 10.1. The van der Waals surface area contributed by atoms with E-state index < -0.39 is 11.9 Å². The third kappa shape index (κ3) is 25.4. The Kier molecular flexibility index (Phi) is 23.9. The number of carbonyl (C=O) groups excluding carboxylic acids is 4. The molecule has 0 saturated heterocycles.